The Morgan fingerprint density at radius 1 is 1.42 bits per heavy atom. The van der Waals surface area contributed by atoms with E-state index in [0.29, 0.717) is 24.1 Å². The quantitative estimate of drug-likeness (QED) is 0.669. The third-order valence-corrected chi connectivity index (χ3v) is 2.52. The Hall–Kier alpha value is -0.180. The molecule has 0 aromatic heterocycles. The van der Waals surface area contributed by atoms with Gasteiger partial charge in [0.05, 0.1) is 0 Å². The zero-order chi connectivity index (χ0) is 9.72. The van der Waals surface area contributed by atoms with Crippen LogP contribution in [0.1, 0.15) is 27.2 Å². The average Bonchev–Trinajstić information content (AvgIpc) is 2.02. The highest BCUT2D eigenvalue weighted by Gasteiger charge is 2.17. The highest BCUT2D eigenvalue weighted by atomic mass is 32.1. The first-order valence-corrected chi connectivity index (χ1v) is 5.00. The Morgan fingerprint density at radius 3 is 2.25 bits per heavy atom. The number of hydrogen-bond donors (Lipinski definition) is 1. The minimum absolute atomic E-state index is 0.186. The number of hydrogen-bond acceptors (Lipinski definition) is 2. The van der Waals surface area contributed by atoms with Crippen molar-refractivity contribution in [2.24, 2.45) is 5.92 Å². The summed E-state index contributed by atoms with van der Waals surface area (Å²) in [5.74, 6) is 1.33. The first-order chi connectivity index (χ1) is 5.50. The topological polar surface area (TPSA) is 20.3 Å². The third-order valence-electron chi connectivity index (χ3n) is 2.29. The first-order valence-electron chi connectivity index (χ1n) is 4.37. The number of nitrogens with zero attached hydrogens (tertiary/aromatic N) is 1. The fourth-order valence-corrected chi connectivity index (χ4v) is 1.14. The van der Waals surface area contributed by atoms with Crippen molar-refractivity contribution in [2.75, 3.05) is 12.8 Å². The van der Waals surface area contributed by atoms with E-state index in [1.165, 1.54) is 0 Å². The molecule has 1 atom stereocenters. The zero-order valence-corrected chi connectivity index (χ0v) is 9.27. The second kappa shape index (κ2) is 5.46. The molecule has 0 radical (unpaired) electrons. The van der Waals surface area contributed by atoms with Crippen LogP contribution in [-0.4, -0.2) is 29.6 Å². The Bertz CT molecular complexity index is 147. The molecule has 0 saturated carbocycles. The van der Waals surface area contributed by atoms with Crippen molar-refractivity contribution in [3.05, 3.63) is 0 Å². The molecule has 0 heterocycles. The van der Waals surface area contributed by atoms with Crippen LogP contribution in [0.3, 0.4) is 0 Å². The third kappa shape index (κ3) is 3.48. The van der Waals surface area contributed by atoms with E-state index in [0.717, 1.165) is 0 Å². The number of rotatable bonds is 4. The molecule has 0 fully saturated rings. The molecule has 0 aromatic carbocycles. The molecule has 0 aliphatic rings. The first kappa shape index (κ1) is 11.8. The molecule has 0 aliphatic heterocycles. The van der Waals surface area contributed by atoms with Gasteiger partial charge in [-0.25, -0.2) is 0 Å². The van der Waals surface area contributed by atoms with Crippen LogP contribution in [0.25, 0.3) is 0 Å². The number of carbonyl (C=O) groups excluding carboxylic acids is 1. The van der Waals surface area contributed by atoms with Crippen molar-refractivity contribution in [3.8, 4) is 0 Å². The number of thiol groups is 1. The molecule has 72 valence electrons. The molecular weight excluding hydrogens is 170 g/mol. The monoisotopic (exact) mass is 189 g/mol. The van der Waals surface area contributed by atoms with Gasteiger partial charge in [0.25, 0.3) is 0 Å². The van der Waals surface area contributed by atoms with Gasteiger partial charge in [-0.15, -0.1) is 0 Å². The molecule has 0 aromatic rings. The summed E-state index contributed by atoms with van der Waals surface area (Å²) in [7, 11) is 1.86. The van der Waals surface area contributed by atoms with E-state index in [-0.39, 0.29) is 5.91 Å². The van der Waals surface area contributed by atoms with Gasteiger partial charge in [-0.05, 0) is 18.6 Å². The molecular formula is C9H19NOS. The van der Waals surface area contributed by atoms with Gasteiger partial charge in [0.15, 0.2) is 0 Å². The maximum Gasteiger partial charge on any atom is 0.223 e. The van der Waals surface area contributed by atoms with Crippen LogP contribution in [0.2, 0.25) is 0 Å². The van der Waals surface area contributed by atoms with Crippen LogP contribution >= 0.6 is 12.6 Å². The Labute approximate surface area is 80.7 Å². The molecule has 1 amide bonds. The summed E-state index contributed by atoms with van der Waals surface area (Å²) in [4.78, 5) is 13.2. The Balaban J connectivity index is 4.00. The fraction of sp³-hybridized carbons (Fsp3) is 0.889. The van der Waals surface area contributed by atoms with E-state index in [9.17, 15) is 4.79 Å². The summed E-state index contributed by atoms with van der Waals surface area (Å²) in [6.45, 7) is 6.31. The van der Waals surface area contributed by atoms with Gasteiger partial charge in [0.2, 0.25) is 5.91 Å². The summed E-state index contributed by atoms with van der Waals surface area (Å²) in [5.41, 5.74) is 0. The van der Waals surface area contributed by atoms with E-state index in [1.54, 1.807) is 4.90 Å². The van der Waals surface area contributed by atoms with Crippen molar-refractivity contribution >= 4 is 18.5 Å². The van der Waals surface area contributed by atoms with Gasteiger partial charge in [0, 0.05) is 19.5 Å². The summed E-state index contributed by atoms with van der Waals surface area (Å²) in [6, 6.07) is 0.317. The maximum atomic E-state index is 11.4. The molecule has 0 spiro atoms. The van der Waals surface area contributed by atoms with Crippen LogP contribution in [-0.2, 0) is 4.79 Å². The molecule has 0 aliphatic carbocycles. The van der Waals surface area contributed by atoms with Crippen LogP contribution in [0.5, 0.6) is 0 Å². The second-order valence-electron chi connectivity index (χ2n) is 3.46. The van der Waals surface area contributed by atoms with Crippen LogP contribution < -0.4 is 0 Å². The lowest BCUT2D eigenvalue weighted by Gasteiger charge is -2.27. The van der Waals surface area contributed by atoms with Crippen molar-refractivity contribution < 1.29 is 4.79 Å². The van der Waals surface area contributed by atoms with Gasteiger partial charge in [-0.2, -0.15) is 12.6 Å². The number of carbonyl (C=O) groups is 1. The summed E-state index contributed by atoms with van der Waals surface area (Å²) >= 11 is 4.03. The lowest BCUT2D eigenvalue weighted by Crippen LogP contribution is -2.38. The van der Waals surface area contributed by atoms with Crippen LogP contribution in [0.15, 0.2) is 0 Å². The highest BCUT2D eigenvalue weighted by Crippen LogP contribution is 2.09. The van der Waals surface area contributed by atoms with Crippen molar-refractivity contribution in [3.63, 3.8) is 0 Å². The van der Waals surface area contributed by atoms with Crippen molar-refractivity contribution in [1.82, 2.24) is 4.90 Å². The fourth-order valence-electron chi connectivity index (χ4n) is 0.946. The van der Waals surface area contributed by atoms with Gasteiger partial charge in [-0.1, -0.05) is 13.8 Å². The second-order valence-corrected chi connectivity index (χ2v) is 3.91. The summed E-state index contributed by atoms with van der Waals surface area (Å²) in [5, 5.41) is 0. The van der Waals surface area contributed by atoms with Gasteiger partial charge in [-0.3, -0.25) is 4.79 Å². The van der Waals surface area contributed by atoms with Gasteiger partial charge in [0.1, 0.15) is 0 Å². The molecule has 12 heavy (non-hydrogen) atoms. The van der Waals surface area contributed by atoms with E-state index in [2.05, 4.69) is 33.4 Å². The van der Waals surface area contributed by atoms with Crippen LogP contribution in [0, 0.1) is 5.92 Å². The minimum Gasteiger partial charge on any atom is -0.343 e. The van der Waals surface area contributed by atoms with Crippen LogP contribution in [0.4, 0.5) is 0 Å². The normalized spacial score (nSPS) is 13.2. The summed E-state index contributed by atoms with van der Waals surface area (Å²) < 4.78 is 0. The standard InChI is InChI=1S/C9H19NOS/c1-7(2)8(3)10(4)9(11)5-6-12/h7-8,12H,5-6H2,1-4H3. The molecule has 2 nitrogen and oxygen atoms in total. The predicted octanol–water partition coefficient (Wildman–Crippen LogP) is 1.81. The minimum atomic E-state index is 0.186. The lowest BCUT2D eigenvalue weighted by molar-refractivity contribution is -0.131. The van der Waals surface area contributed by atoms with E-state index >= 15 is 0 Å². The maximum absolute atomic E-state index is 11.4. The molecule has 0 N–H and O–H groups in total. The molecule has 0 rings (SSSR count). The van der Waals surface area contributed by atoms with Gasteiger partial charge < -0.3 is 4.90 Å². The number of amides is 1. The Morgan fingerprint density at radius 2 is 1.92 bits per heavy atom. The molecule has 3 heteroatoms. The SMILES string of the molecule is CC(C)C(C)N(C)C(=O)CCS. The van der Waals surface area contributed by atoms with Gasteiger partial charge >= 0.3 is 0 Å². The van der Waals surface area contributed by atoms with E-state index < -0.39 is 0 Å². The molecule has 0 bridgehead atoms. The summed E-state index contributed by atoms with van der Waals surface area (Å²) in [6.07, 6.45) is 0.538. The predicted molar refractivity (Wildman–Crippen MR) is 55.5 cm³/mol. The largest absolute Gasteiger partial charge is 0.343 e. The average molecular weight is 189 g/mol. The Kier molecular flexibility index (Phi) is 5.38. The van der Waals surface area contributed by atoms with E-state index in [4.69, 9.17) is 0 Å². The highest BCUT2D eigenvalue weighted by molar-refractivity contribution is 7.80. The smallest absolute Gasteiger partial charge is 0.223 e. The van der Waals surface area contributed by atoms with Crippen molar-refractivity contribution in [2.45, 2.75) is 33.2 Å². The van der Waals surface area contributed by atoms with E-state index in [1.807, 2.05) is 7.05 Å². The molecule has 0 saturated heterocycles. The zero-order valence-electron chi connectivity index (χ0n) is 8.37. The van der Waals surface area contributed by atoms with Crippen molar-refractivity contribution in [1.29, 1.82) is 0 Å². The lowest BCUT2D eigenvalue weighted by atomic mass is 10.1. The molecule has 1 unspecified atom stereocenters.